The van der Waals surface area contributed by atoms with Gasteiger partial charge in [0.25, 0.3) is 0 Å². The van der Waals surface area contributed by atoms with Crippen molar-refractivity contribution in [2.45, 2.75) is 6.04 Å². The normalized spacial score (nSPS) is 12.3. The zero-order chi connectivity index (χ0) is 13.9. The van der Waals surface area contributed by atoms with Gasteiger partial charge in [-0.1, -0.05) is 23.7 Å². The van der Waals surface area contributed by atoms with E-state index in [0.717, 1.165) is 5.56 Å². The van der Waals surface area contributed by atoms with Gasteiger partial charge in [0.05, 0.1) is 12.2 Å². The largest absolute Gasteiger partial charge is 0.318 e. The Morgan fingerprint density at radius 1 is 1.15 bits per heavy atom. The Labute approximate surface area is 120 Å². The van der Waals surface area contributed by atoms with E-state index < -0.39 is 6.04 Å². The summed E-state index contributed by atoms with van der Waals surface area (Å²) in [5.74, 6) is 1.03. The second-order valence-electron chi connectivity index (χ2n) is 4.16. The van der Waals surface area contributed by atoms with Gasteiger partial charge >= 0.3 is 0 Å². The summed E-state index contributed by atoms with van der Waals surface area (Å²) in [4.78, 5) is 12.5. The fourth-order valence-electron chi connectivity index (χ4n) is 1.77. The van der Waals surface area contributed by atoms with E-state index in [1.54, 1.807) is 30.7 Å². The van der Waals surface area contributed by atoms with Gasteiger partial charge in [0.1, 0.15) is 11.5 Å². The van der Waals surface area contributed by atoms with Crippen molar-refractivity contribution in [1.82, 2.24) is 25.1 Å². The number of nitrogens with one attached hydrogen (secondary N) is 1. The molecule has 0 unspecified atom stereocenters. The Hall–Kier alpha value is -2.31. The minimum Gasteiger partial charge on any atom is -0.318 e. The maximum Gasteiger partial charge on any atom is 0.201 e. The van der Waals surface area contributed by atoms with Gasteiger partial charge in [0.2, 0.25) is 5.82 Å². The first-order chi connectivity index (χ1) is 9.74. The Morgan fingerprint density at radius 2 is 1.95 bits per heavy atom. The number of benzene rings is 1. The predicted molar refractivity (Wildman–Crippen MR) is 74.9 cm³/mol. The molecule has 0 aliphatic heterocycles. The molecule has 3 rings (SSSR count). The van der Waals surface area contributed by atoms with Crippen molar-refractivity contribution >= 4 is 11.6 Å². The highest BCUT2D eigenvalue weighted by Gasteiger charge is 2.15. The molecule has 0 bridgehead atoms. The molecular formula is C13H11ClN6. The average molecular weight is 287 g/mol. The van der Waals surface area contributed by atoms with Crippen molar-refractivity contribution in [3.63, 3.8) is 0 Å². The van der Waals surface area contributed by atoms with E-state index in [2.05, 4.69) is 25.1 Å². The first kappa shape index (κ1) is 12.7. The van der Waals surface area contributed by atoms with Crippen molar-refractivity contribution in [3.05, 3.63) is 59.3 Å². The molecule has 0 spiro atoms. The van der Waals surface area contributed by atoms with E-state index in [0.29, 0.717) is 22.4 Å². The lowest BCUT2D eigenvalue weighted by atomic mass is 10.1. The van der Waals surface area contributed by atoms with Crippen LogP contribution >= 0.6 is 11.6 Å². The van der Waals surface area contributed by atoms with Crippen LogP contribution in [0.15, 0.2) is 42.9 Å². The SMILES string of the molecule is N[C@H](c1ccc(Cl)cc1)c1nc(-c2cnccn2)n[nH]1. The zero-order valence-corrected chi connectivity index (χ0v) is 11.1. The summed E-state index contributed by atoms with van der Waals surface area (Å²) in [6, 6.07) is 6.90. The van der Waals surface area contributed by atoms with Crippen molar-refractivity contribution in [3.8, 4) is 11.5 Å². The molecule has 0 aliphatic carbocycles. The minimum atomic E-state index is -0.398. The topological polar surface area (TPSA) is 93.4 Å². The number of H-pyrrole nitrogens is 1. The summed E-state index contributed by atoms with van der Waals surface area (Å²) < 4.78 is 0. The Morgan fingerprint density at radius 3 is 2.65 bits per heavy atom. The molecule has 2 heterocycles. The molecule has 7 heteroatoms. The second-order valence-corrected chi connectivity index (χ2v) is 4.60. The molecule has 100 valence electrons. The summed E-state index contributed by atoms with van der Waals surface area (Å²) in [5.41, 5.74) is 7.64. The highest BCUT2D eigenvalue weighted by molar-refractivity contribution is 6.30. The van der Waals surface area contributed by atoms with Crippen LogP contribution < -0.4 is 5.73 Å². The molecule has 0 radical (unpaired) electrons. The van der Waals surface area contributed by atoms with E-state index in [4.69, 9.17) is 17.3 Å². The third kappa shape index (κ3) is 2.52. The van der Waals surface area contributed by atoms with Crippen LogP contribution in [0.2, 0.25) is 5.02 Å². The molecule has 0 aliphatic rings. The predicted octanol–water partition coefficient (Wildman–Crippen LogP) is 1.96. The molecule has 2 aromatic heterocycles. The van der Waals surface area contributed by atoms with Crippen molar-refractivity contribution in [1.29, 1.82) is 0 Å². The van der Waals surface area contributed by atoms with Gasteiger partial charge in [0.15, 0.2) is 0 Å². The molecular weight excluding hydrogens is 276 g/mol. The van der Waals surface area contributed by atoms with Crippen LogP contribution in [0.4, 0.5) is 0 Å². The third-order valence-corrected chi connectivity index (χ3v) is 3.07. The van der Waals surface area contributed by atoms with E-state index >= 15 is 0 Å². The standard InChI is InChI=1S/C13H11ClN6/c14-9-3-1-8(2-4-9)11(15)13-18-12(19-20-13)10-7-16-5-6-17-10/h1-7,11H,15H2,(H,18,19,20)/t11-/m1/s1. The van der Waals surface area contributed by atoms with Crippen LogP contribution in [0.5, 0.6) is 0 Å². The van der Waals surface area contributed by atoms with Gasteiger partial charge in [-0.15, -0.1) is 0 Å². The van der Waals surface area contributed by atoms with Crippen LogP contribution in [-0.2, 0) is 0 Å². The maximum atomic E-state index is 6.14. The fourth-order valence-corrected chi connectivity index (χ4v) is 1.90. The van der Waals surface area contributed by atoms with Crippen LogP contribution in [0.25, 0.3) is 11.5 Å². The van der Waals surface area contributed by atoms with E-state index in [1.165, 1.54) is 0 Å². The lowest BCUT2D eigenvalue weighted by Crippen LogP contribution is -2.13. The second kappa shape index (κ2) is 5.36. The van der Waals surface area contributed by atoms with Crippen molar-refractivity contribution in [2.24, 2.45) is 5.73 Å². The summed E-state index contributed by atoms with van der Waals surface area (Å²) >= 11 is 5.85. The van der Waals surface area contributed by atoms with E-state index in [1.807, 2.05) is 12.1 Å². The van der Waals surface area contributed by atoms with Gasteiger partial charge in [-0.05, 0) is 17.7 Å². The number of aromatic nitrogens is 5. The smallest absolute Gasteiger partial charge is 0.201 e. The lowest BCUT2D eigenvalue weighted by molar-refractivity contribution is 0.787. The average Bonchev–Trinajstić information content (AvgIpc) is 2.98. The Balaban J connectivity index is 1.88. The molecule has 0 fully saturated rings. The van der Waals surface area contributed by atoms with E-state index in [-0.39, 0.29) is 0 Å². The minimum absolute atomic E-state index is 0.398. The molecule has 0 saturated heterocycles. The summed E-state index contributed by atoms with van der Waals surface area (Å²) in [5, 5.41) is 7.60. The molecule has 20 heavy (non-hydrogen) atoms. The molecule has 0 amide bonds. The molecule has 6 nitrogen and oxygen atoms in total. The molecule has 3 N–H and O–H groups in total. The highest BCUT2D eigenvalue weighted by Crippen LogP contribution is 2.20. The van der Waals surface area contributed by atoms with Gasteiger partial charge in [-0.3, -0.25) is 10.1 Å². The van der Waals surface area contributed by atoms with Crippen molar-refractivity contribution < 1.29 is 0 Å². The number of halogens is 1. The molecule has 1 aromatic carbocycles. The maximum absolute atomic E-state index is 6.14. The third-order valence-electron chi connectivity index (χ3n) is 2.82. The van der Waals surface area contributed by atoms with Crippen LogP contribution in [0, 0.1) is 0 Å². The first-order valence-electron chi connectivity index (χ1n) is 5.94. The number of nitrogens with two attached hydrogens (primary N) is 1. The molecule has 3 aromatic rings. The lowest BCUT2D eigenvalue weighted by Gasteiger charge is -2.08. The number of aromatic amines is 1. The van der Waals surface area contributed by atoms with Gasteiger partial charge < -0.3 is 5.73 Å². The van der Waals surface area contributed by atoms with Crippen LogP contribution in [0.1, 0.15) is 17.4 Å². The quantitative estimate of drug-likeness (QED) is 0.768. The highest BCUT2D eigenvalue weighted by atomic mass is 35.5. The fraction of sp³-hybridized carbons (Fsp3) is 0.0769. The zero-order valence-electron chi connectivity index (χ0n) is 10.4. The Bertz CT molecular complexity index is 694. The summed E-state index contributed by atoms with van der Waals surface area (Å²) in [7, 11) is 0. The molecule has 1 atom stereocenters. The number of hydrogen-bond donors (Lipinski definition) is 2. The first-order valence-corrected chi connectivity index (χ1v) is 6.31. The van der Waals surface area contributed by atoms with Crippen LogP contribution in [-0.4, -0.2) is 25.1 Å². The van der Waals surface area contributed by atoms with Gasteiger partial charge in [0, 0.05) is 17.4 Å². The number of rotatable bonds is 3. The van der Waals surface area contributed by atoms with Gasteiger partial charge in [-0.2, -0.15) is 5.10 Å². The summed E-state index contributed by atoms with van der Waals surface area (Å²) in [6.07, 6.45) is 4.78. The van der Waals surface area contributed by atoms with Gasteiger partial charge in [-0.25, -0.2) is 9.97 Å². The van der Waals surface area contributed by atoms with E-state index in [9.17, 15) is 0 Å². The Kier molecular flexibility index (Phi) is 3.41. The number of nitrogens with zero attached hydrogens (tertiary/aromatic N) is 4. The summed E-state index contributed by atoms with van der Waals surface area (Å²) in [6.45, 7) is 0. The monoisotopic (exact) mass is 286 g/mol. The molecule has 0 saturated carbocycles. The number of hydrogen-bond acceptors (Lipinski definition) is 5. The van der Waals surface area contributed by atoms with Crippen molar-refractivity contribution in [2.75, 3.05) is 0 Å². The van der Waals surface area contributed by atoms with Crippen LogP contribution in [0.3, 0.4) is 0 Å².